The third kappa shape index (κ3) is 3.61. The second kappa shape index (κ2) is 7.34. The molecule has 1 aromatic carbocycles. The molecule has 0 spiro atoms. The minimum atomic E-state index is -4.42. The van der Waals surface area contributed by atoms with E-state index in [-0.39, 0.29) is 23.2 Å². The predicted molar refractivity (Wildman–Crippen MR) is 104 cm³/mol. The number of aromatic amines is 1. The summed E-state index contributed by atoms with van der Waals surface area (Å²) in [6, 6.07) is 6.05. The molecule has 4 aromatic rings. The van der Waals surface area contributed by atoms with E-state index in [1.165, 1.54) is 18.3 Å². The molecule has 11 heteroatoms. The molecule has 8 nitrogen and oxygen atoms in total. The van der Waals surface area contributed by atoms with Gasteiger partial charge in [-0.25, -0.2) is 4.52 Å². The van der Waals surface area contributed by atoms with Crippen molar-refractivity contribution in [3.63, 3.8) is 0 Å². The third-order valence-corrected chi connectivity index (χ3v) is 5.42. The first-order valence-electron chi connectivity index (χ1n) is 9.73. The summed E-state index contributed by atoms with van der Waals surface area (Å²) in [4.78, 5) is 19.4. The normalized spacial score (nSPS) is 15.6. The zero-order chi connectivity index (χ0) is 21.6. The van der Waals surface area contributed by atoms with Gasteiger partial charge < -0.3 is 14.8 Å². The fraction of sp³-hybridized carbons (Fsp3) is 0.300. The van der Waals surface area contributed by atoms with Crippen LogP contribution in [0, 0.1) is 0 Å². The first-order valence-corrected chi connectivity index (χ1v) is 9.73. The van der Waals surface area contributed by atoms with Gasteiger partial charge in [0.05, 0.1) is 17.5 Å². The van der Waals surface area contributed by atoms with E-state index in [0.29, 0.717) is 16.8 Å². The van der Waals surface area contributed by atoms with Crippen molar-refractivity contribution < 1.29 is 17.7 Å². The van der Waals surface area contributed by atoms with Crippen LogP contribution in [0.1, 0.15) is 30.0 Å². The lowest BCUT2D eigenvalue weighted by Crippen LogP contribution is -2.28. The SMILES string of the molecule is O=c1cc(C2CCNCC2)n2ncc(-c3nc(-c4ccc(C(F)(F)F)cc4)no3)c2[nH]1. The minimum absolute atomic E-state index is 0.114. The number of piperidine rings is 1. The number of benzene rings is 1. The first kappa shape index (κ1) is 19.5. The molecule has 1 aliphatic heterocycles. The lowest BCUT2D eigenvalue weighted by Gasteiger charge is -2.23. The van der Waals surface area contributed by atoms with Gasteiger partial charge in [0.15, 0.2) is 0 Å². The van der Waals surface area contributed by atoms with Crippen LogP contribution in [-0.2, 0) is 6.18 Å². The number of nitrogens with one attached hydrogen (secondary N) is 2. The van der Waals surface area contributed by atoms with Crippen LogP contribution in [0.4, 0.5) is 13.2 Å². The van der Waals surface area contributed by atoms with Gasteiger partial charge in [-0.05, 0) is 38.1 Å². The number of halogens is 3. The summed E-state index contributed by atoms with van der Waals surface area (Å²) in [7, 11) is 0. The molecule has 3 aromatic heterocycles. The zero-order valence-corrected chi connectivity index (χ0v) is 16.1. The predicted octanol–water partition coefficient (Wildman–Crippen LogP) is 3.23. The van der Waals surface area contributed by atoms with E-state index in [4.69, 9.17) is 4.52 Å². The monoisotopic (exact) mass is 430 g/mol. The van der Waals surface area contributed by atoms with Crippen LogP contribution in [0.5, 0.6) is 0 Å². The largest absolute Gasteiger partial charge is 0.416 e. The summed E-state index contributed by atoms with van der Waals surface area (Å²) >= 11 is 0. The first-order chi connectivity index (χ1) is 14.9. The molecule has 0 amide bonds. The highest BCUT2D eigenvalue weighted by Crippen LogP contribution is 2.32. The van der Waals surface area contributed by atoms with Crippen LogP contribution in [0.15, 0.2) is 45.8 Å². The maximum atomic E-state index is 12.8. The molecule has 1 saturated heterocycles. The molecule has 4 heterocycles. The van der Waals surface area contributed by atoms with Crippen LogP contribution in [0.25, 0.3) is 28.5 Å². The molecule has 5 rings (SSSR count). The van der Waals surface area contributed by atoms with Gasteiger partial charge >= 0.3 is 6.18 Å². The van der Waals surface area contributed by atoms with Crippen molar-refractivity contribution >= 4 is 5.65 Å². The maximum Gasteiger partial charge on any atom is 0.416 e. The Bertz CT molecular complexity index is 1280. The zero-order valence-electron chi connectivity index (χ0n) is 16.1. The second-order valence-electron chi connectivity index (χ2n) is 7.40. The van der Waals surface area contributed by atoms with Crippen LogP contribution in [0.2, 0.25) is 0 Å². The molecule has 0 saturated carbocycles. The Kier molecular flexibility index (Phi) is 4.62. The molecular weight excluding hydrogens is 413 g/mol. The summed E-state index contributed by atoms with van der Waals surface area (Å²) in [6.45, 7) is 1.74. The van der Waals surface area contributed by atoms with Crippen LogP contribution < -0.4 is 10.9 Å². The number of rotatable bonds is 3. The van der Waals surface area contributed by atoms with Crippen molar-refractivity contribution in [3.8, 4) is 22.8 Å². The number of alkyl halides is 3. The number of H-pyrrole nitrogens is 1. The molecule has 2 N–H and O–H groups in total. The molecule has 1 fully saturated rings. The number of hydrogen-bond donors (Lipinski definition) is 2. The lowest BCUT2D eigenvalue weighted by molar-refractivity contribution is -0.137. The molecule has 0 atom stereocenters. The van der Waals surface area contributed by atoms with E-state index in [9.17, 15) is 18.0 Å². The Labute approximate surface area is 173 Å². The van der Waals surface area contributed by atoms with Gasteiger partial charge in [-0.2, -0.15) is 23.3 Å². The van der Waals surface area contributed by atoms with Crippen LogP contribution in [-0.4, -0.2) is 37.8 Å². The van der Waals surface area contributed by atoms with Gasteiger partial charge in [-0.15, -0.1) is 0 Å². The van der Waals surface area contributed by atoms with Crippen LogP contribution in [0.3, 0.4) is 0 Å². The summed E-state index contributed by atoms with van der Waals surface area (Å²) < 4.78 is 45.3. The summed E-state index contributed by atoms with van der Waals surface area (Å²) in [5.41, 5.74) is 1.05. The highest BCUT2D eigenvalue weighted by Gasteiger charge is 2.30. The van der Waals surface area contributed by atoms with E-state index in [0.717, 1.165) is 43.8 Å². The topological polar surface area (TPSA) is 101 Å². The van der Waals surface area contributed by atoms with Crippen LogP contribution >= 0.6 is 0 Å². The van der Waals surface area contributed by atoms with E-state index in [2.05, 4.69) is 25.5 Å². The summed E-state index contributed by atoms with van der Waals surface area (Å²) in [6.07, 6.45) is -1.10. The summed E-state index contributed by atoms with van der Waals surface area (Å²) in [5, 5.41) is 11.6. The Morgan fingerprint density at radius 1 is 1.13 bits per heavy atom. The fourth-order valence-electron chi connectivity index (χ4n) is 3.84. The van der Waals surface area contributed by atoms with Crippen molar-refractivity contribution in [1.82, 2.24) is 30.1 Å². The summed E-state index contributed by atoms with van der Waals surface area (Å²) in [5.74, 6) is 0.451. The minimum Gasteiger partial charge on any atom is -0.333 e. The van der Waals surface area contributed by atoms with E-state index >= 15 is 0 Å². The number of hydrogen-bond acceptors (Lipinski definition) is 6. The van der Waals surface area contributed by atoms with Crippen molar-refractivity contribution in [1.29, 1.82) is 0 Å². The highest BCUT2D eigenvalue weighted by molar-refractivity contribution is 5.72. The van der Waals surface area contributed by atoms with Crippen molar-refractivity contribution in [2.24, 2.45) is 0 Å². The standard InChI is InChI=1S/C20H17F3N6O2/c21-20(22,23)13-3-1-12(2-4-13)17-27-19(31-28-17)14-10-25-29-15(9-16(30)26-18(14)29)11-5-7-24-8-6-11/h1-4,9-11,24H,5-8H2,(H,26,30). The smallest absolute Gasteiger partial charge is 0.333 e. The molecular formula is C20H17F3N6O2. The molecule has 1 aliphatic rings. The molecule has 31 heavy (non-hydrogen) atoms. The Hall–Kier alpha value is -3.47. The van der Waals surface area contributed by atoms with E-state index in [1.54, 1.807) is 10.6 Å². The van der Waals surface area contributed by atoms with E-state index in [1.807, 2.05) is 0 Å². The van der Waals surface area contributed by atoms with Gasteiger partial charge in [0.1, 0.15) is 11.2 Å². The second-order valence-corrected chi connectivity index (χ2v) is 7.40. The van der Waals surface area contributed by atoms with Crippen molar-refractivity contribution in [2.45, 2.75) is 24.9 Å². The van der Waals surface area contributed by atoms with Gasteiger partial charge in [-0.3, -0.25) is 4.79 Å². The van der Waals surface area contributed by atoms with Gasteiger partial charge in [-0.1, -0.05) is 17.3 Å². The lowest BCUT2D eigenvalue weighted by atomic mass is 9.94. The molecule has 0 unspecified atom stereocenters. The Morgan fingerprint density at radius 3 is 2.58 bits per heavy atom. The molecule has 0 aliphatic carbocycles. The van der Waals surface area contributed by atoms with E-state index < -0.39 is 11.7 Å². The molecule has 160 valence electrons. The van der Waals surface area contributed by atoms with Crippen molar-refractivity contribution in [2.75, 3.05) is 13.1 Å². The average molecular weight is 430 g/mol. The van der Waals surface area contributed by atoms with Gasteiger partial charge in [0.2, 0.25) is 5.82 Å². The number of aromatic nitrogens is 5. The highest BCUT2D eigenvalue weighted by atomic mass is 19.4. The Balaban J connectivity index is 1.52. The quantitative estimate of drug-likeness (QED) is 0.518. The Morgan fingerprint density at radius 2 is 1.87 bits per heavy atom. The maximum absolute atomic E-state index is 12.8. The third-order valence-electron chi connectivity index (χ3n) is 5.42. The van der Waals surface area contributed by atoms with Gasteiger partial charge in [0, 0.05) is 17.5 Å². The van der Waals surface area contributed by atoms with Crippen molar-refractivity contribution in [3.05, 3.63) is 58.1 Å². The fourth-order valence-corrected chi connectivity index (χ4v) is 3.84. The molecule has 0 radical (unpaired) electrons. The number of nitrogens with zero attached hydrogens (tertiary/aromatic N) is 4. The van der Waals surface area contributed by atoms with Gasteiger partial charge in [0.25, 0.3) is 11.4 Å². The average Bonchev–Trinajstić information content (AvgIpc) is 3.40. The molecule has 0 bridgehead atoms. The number of fused-ring (bicyclic) bond motifs is 1.